The molecule has 0 spiro atoms. The maximum absolute atomic E-state index is 13.1. The number of H-pyrrole nitrogens is 1. The van der Waals surface area contributed by atoms with E-state index in [4.69, 9.17) is 11.6 Å². The van der Waals surface area contributed by atoms with E-state index in [-0.39, 0.29) is 16.7 Å². The molecule has 0 unspecified atom stereocenters. The zero-order chi connectivity index (χ0) is 22.8. The summed E-state index contributed by atoms with van der Waals surface area (Å²) in [7, 11) is 4.26. The number of hydrogen-bond donors (Lipinski definition) is 4. The number of quaternary nitrogens is 1. The fourth-order valence-corrected chi connectivity index (χ4v) is 8.01. The number of aromatic amines is 1. The van der Waals surface area contributed by atoms with Crippen LogP contribution in [0.25, 0.3) is 10.9 Å². The zero-order valence-electron chi connectivity index (χ0n) is 19.2. The van der Waals surface area contributed by atoms with Crippen molar-refractivity contribution in [3.8, 4) is 0 Å². The standard InChI is InChI=1S/C26H35ClN2O2/c1-8-24(6)17(27)12-16-22(2,3)14-10-9-11-15-19(14)20-21(29-15)23(4,5)18(30)13-25(24,28-7)26(16,20)31/h8-11,16-18,29-31H,1,7,12-13,28H2,2-6H3/t16-,17-,18-,24+,25+,26-/m1/s1. The number of hydrogen-bond acceptors (Lipinski definition) is 2. The number of alkyl halides is 1. The Bertz CT molecular complexity index is 1100. The van der Waals surface area contributed by atoms with Gasteiger partial charge in [-0.1, -0.05) is 45.9 Å². The van der Waals surface area contributed by atoms with Gasteiger partial charge in [0.2, 0.25) is 0 Å². The molecule has 2 aromatic rings. The van der Waals surface area contributed by atoms with Crippen molar-refractivity contribution >= 4 is 22.5 Å². The summed E-state index contributed by atoms with van der Waals surface area (Å²) >= 11 is 7.15. The maximum Gasteiger partial charge on any atom is 0.149 e. The monoisotopic (exact) mass is 442 g/mol. The highest BCUT2D eigenvalue weighted by molar-refractivity contribution is 6.21. The Balaban J connectivity index is 2.05. The van der Waals surface area contributed by atoms with E-state index in [1.54, 1.807) is 0 Å². The number of rotatable bonds is 2. The topological polar surface area (TPSA) is 72.9 Å². The number of aliphatic hydroxyl groups is 2. The van der Waals surface area contributed by atoms with E-state index in [1.807, 2.05) is 11.4 Å². The summed E-state index contributed by atoms with van der Waals surface area (Å²) in [4.78, 5) is 3.63. The van der Waals surface area contributed by atoms with Gasteiger partial charge >= 0.3 is 0 Å². The molecule has 0 radical (unpaired) electrons. The summed E-state index contributed by atoms with van der Waals surface area (Å²) < 4.78 is 0. The maximum atomic E-state index is 13.1. The first-order valence-corrected chi connectivity index (χ1v) is 11.8. The fraction of sp³-hybridized carbons (Fsp3) is 0.577. The highest BCUT2D eigenvalue weighted by atomic mass is 35.5. The number of nitrogens with one attached hydrogen (secondary N) is 1. The van der Waals surface area contributed by atoms with Crippen molar-refractivity contribution in [3.05, 3.63) is 54.7 Å². The van der Waals surface area contributed by atoms with Gasteiger partial charge in [-0.15, -0.1) is 18.2 Å². The molecule has 6 atom stereocenters. The summed E-state index contributed by atoms with van der Waals surface area (Å²) in [5.74, 6) is -0.137. The van der Waals surface area contributed by atoms with Crippen molar-refractivity contribution in [2.75, 3.05) is 0 Å². The quantitative estimate of drug-likeness (QED) is 0.326. The third-order valence-corrected chi connectivity index (χ3v) is 10.4. The van der Waals surface area contributed by atoms with Gasteiger partial charge in [-0.25, -0.2) is 0 Å². The zero-order valence-corrected chi connectivity index (χ0v) is 20.0. The number of aromatic nitrogens is 1. The van der Waals surface area contributed by atoms with Crippen molar-refractivity contribution in [3.63, 3.8) is 0 Å². The molecule has 5 N–H and O–H groups in total. The average molecular weight is 443 g/mol. The van der Waals surface area contributed by atoms with Crippen LogP contribution in [0.5, 0.6) is 0 Å². The van der Waals surface area contributed by atoms with Crippen molar-refractivity contribution in [2.45, 2.75) is 80.9 Å². The molecule has 1 saturated carbocycles. The number of nitrogens with two attached hydrogens (primary N) is 1. The lowest BCUT2D eigenvalue weighted by molar-refractivity contribution is -0.721. The molecule has 5 rings (SSSR count). The molecule has 31 heavy (non-hydrogen) atoms. The summed E-state index contributed by atoms with van der Waals surface area (Å²) in [5, 5.41) is 27.5. The van der Waals surface area contributed by atoms with Crippen LogP contribution in [0.2, 0.25) is 0 Å². The molecule has 1 fully saturated rings. The summed E-state index contributed by atoms with van der Waals surface area (Å²) in [6, 6.07) is 6.34. The minimum absolute atomic E-state index is 0.137. The van der Waals surface area contributed by atoms with Crippen LogP contribution in [0, 0.1) is 18.4 Å². The second-order valence-electron chi connectivity index (χ2n) is 11.5. The van der Waals surface area contributed by atoms with E-state index < -0.39 is 28.1 Å². The van der Waals surface area contributed by atoms with Crippen molar-refractivity contribution in [1.82, 2.24) is 4.98 Å². The predicted molar refractivity (Wildman–Crippen MR) is 125 cm³/mol. The summed E-state index contributed by atoms with van der Waals surface area (Å²) in [5.41, 5.74) is 0.432. The molecule has 3 aliphatic rings. The number of aliphatic hydroxyl groups excluding tert-OH is 1. The molecule has 3 aliphatic carbocycles. The van der Waals surface area contributed by atoms with Gasteiger partial charge in [-0.05, 0) is 30.4 Å². The van der Waals surface area contributed by atoms with Gasteiger partial charge in [0.15, 0.2) is 0 Å². The molecule has 168 valence electrons. The van der Waals surface area contributed by atoms with Crippen LogP contribution in [0.1, 0.15) is 64.3 Å². The van der Waals surface area contributed by atoms with Gasteiger partial charge in [-0.3, -0.25) is 0 Å². The van der Waals surface area contributed by atoms with Gasteiger partial charge in [0.05, 0.1) is 11.5 Å². The van der Waals surface area contributed by atoms with Gasteiger partial charge in [-0.2, -0.15) is 7.05 Å². The lowest BCUT2D eigenvalue weighted by Gasteiger charge is -2.66. The lowest BCUT2D eigenvalue weighted by Crippen LogP contribution is -3.03. The smallest absolute Gasteiger partial charge is 0.149 e. The van der Waals surface area contributed by atoms with E-state index in [0.29, 0.717) is 12.8 Å². The SMILES string of the molecule is C=C[C@@]1(C)[C@H](Cl)C[C@@H]2C(C)(C)c3cccc4[nH]c5c(c34)[C@@]2(O)[C@]1([NH2+][CH2-])C[C@@H](O)C5(C)C. The molecule has 0 saturated heterocycles. The first-order valence-electron chi connectivity index (χ1n) is 11.3. The van der Waals surface area contributed by atoms with E-state index in [2.05, 4.69) is 71.4 Å². The van der Waals surface area contributed by atoms with Crippen LogP contribution >= 0.6 is 11.6 Å². The van der Waals surface area contributed by atoms with Crippen molar-refractivity contribution in [1.29, 1.82) is 0 Å². The van der Waals surface area contributed by atoms with Gasteiger partial charge < -0.3 is 20.5 Å². The normalized spacial score (nSPS) is 42.3. The Morgan fingerprint density at radius 1 is 1.23 bits per heavy atom. The average Bonchev–Trinajstić information content (AvgIpc) is 3.11. The van der Waals surface area contributed by atoms with E-state index in [1.165, 1.54) is 5.56 Å². The fourth-order valence-electron chi connectivity index (χ4n) is 7.55. The second kappa shape index (κ2) is 5.96. The summed E-state index contributed by atoms with van der Waals surface area (Å²) in [6.07, 6.45) is 2.21. The molecular formula is C26H35ClN2O2. The molecular weight excluding hydrogens is 408 g/mol. The van der Waals surface area contributed by atoms with Crippen molar-refractivity contribution < 1.29 is 15.5 Å². The molecule has 1 aromatic heterocycles. The van der Waals surface area contributed by atoms with Crippen molar-refractivity contribution in [2.24, 2.45) is 11.3 Å². The molecule has 0 aliphatic heterocycles. The van der Waals surface area contributed by atoms with Gasteiger partial charge in [0.25, 0.3) is 0 Å². The van der Waals surface area contributed by atoms with Crippen LogP contribution < -0.4 is 5.32 Å². The molecule has 1 aromatic carbocycles. The van der Waals surface area contributed by atoms with Crippen LogP contribution in [-0.4, -0.2) is 32.2 Å². The molecule has 4 nitrogen and oxygen atoms in total. The van der Waals surface area contributed by atoms with Crippen LogP contribution in [-0.2, 0) is 16.4 Å². The van der Waals surface area contributed by atoms with E-state index in [0.717, 1.165) is 22.2 Å². The molecule has 0 bridgehead atoms. The minimum atomic E-state index is -1.25. The van der Waals surface area contributed by atoms with Crippen LogP contribution in [0.4, 0.5) is 0 Å². The Morgan fingerprint density at radius 3 is 2.52 bits per heavy atom. The minimum Gasteiger partial charge on any atom is -0.470 e. The molecule has 5 heteroatoms. The first kappa shape index (κ1) is 21.5. The van der Waals surface area contributed by atoms with Crippen LogP contribution in [0.15, 0.2) is 30.9 Å². The molecule has 0 amide bonds. The summed E-state index contributed by atoms with van der Waals surface area (Å²) in [6.45, 7) is 14.8. The van der Waals surface area contributed by atoms with Crippen LogP contribution in [0.3, 0.4) is 0 Å². The number of halogens is 1. The highest BCUT2D eigenvalue weighted by Crippen LogP contribution is 2.68. The molecule has 1 heterocycles. The third kappa shape index (κ3) is 2.05. The number of benzene rings is 1. The van der Waals surface area contributed by atoms with Gasteiger partial charge in [0, 0.05) is 45.3 Å². The van der Waals surface area contributed by atoms with E-state index in [9.17, 15) is 10.2 Å². The lowest BCUT2D eigenvalue weighted by atomic mass is 9.43. The highest BCUT2D eigenvalue weighted by Gasteiger charge is 2.76. The largest absolute Gasteiger partial charge is 0.470 e. The first-order chi connectivity index (χ1) is 14.3. The Morgan fingerprint density at radius 2 is 1.90 bits per heavy atom. The Labute approximate surface area is 190 Å². The predicted octanol–water partition coefficient (Wildman–Crippen LogP) is 3.60. The van der Waals surface area contributed by atoms with Gasteiger partial charge in [0.1, 0.15) is 11.1 Å². The van der Waals surface area contributed by atoms with E-state index >= 15 is 0 Å². The second-order valence-corrected chi connectivity index (χ2v) is 12.0. The Kier molecular flexibility index (Phi) is 4.14. The Hall–Kier alpha value is -1.33. The third-order valence-electron chi connectivity index (χ3n) is 9.77.